The summed E-state index contributed by atoms with van der Waals surface area (Å²) in [6, 6.07) is 61.3. The maximum absolute atomic E-state index is 2.55. The molecule has 12 aromatic rings. The SMILES string of the molecule is c1ccc2c(c1)c1ccccc1c1cc(-c3ccc4c(c3)c3cccc5c6ccccc6c6cccc7sc8cccc(c8c76)n4c53)ccc21. The summed E-state index contributed by atoms with van der Waals surface area (Å²) in [5.41, 5.74) is 6.21. The van der Waals surface area contributed by atoms with E-state index < -0.39 is 0 Å². The van der Waals surface area contributed by atoms with E-state index in [4.69, 9.17) is 0 Å². The summed E-state index contributed by atoms with van der Waals surface area (Å²) in [5.74, 6) is 0. The van der Waals surface area contributed by atoms with E-state index in [1.165, 1.54) is 112 Å². The van der Waals surface area contributed by atoms with Crippen molar-refractivity contribution >= 4 is 113 Å². The van der Waals surface area contributed by atoms with Crippen molar-refractivity contribution in [2.24, 2.45) is 0 Å². The predicted molar refractivity (Wildman–Crippen MR) is 218 cm³/mol. The van der Waals surface area contributed by atoms with Crippen LogP contribution in [0.3, 0.4) is 0 Å². The van der Waals surface area contributed by atoms with Gasteiger partial charge in [-0.15, -0.1) is 11.3 Å². The van der Waals surface area contributed by atoms with Crippen molar-refractivity contribution in [3.63, 3.8) is 0 Å². The minimum absolute atomic E-state index is 1.23. The summed E-state index contributed by atoms with van der Waals surface area (Å²) >= 11 is 1.90. The monoisotopic (exact) mass is 649 g/mol. The molecule has 0 spiro atoms. The lowest BCUT2D eigenvalue weighted by Crippen LogP contribution is -1.87. The topological polar surface area (TPSA) is 4.41 Å². The van der Waals surface area contributed by atoms with Crippen LogP contribution in [-0.2, 0) is 0 Å². The lowest BCUT2D eigenvalue weighted by Gasteiger charge is -2.12. The zero-order valence-electron chi connectivity index (χ0n) is 26.9. The van der Waals surface area contributed by atoms with Crippen molar-refractivity contribution in [2.45, 2.75) is 0 Å². The molecular formula is C48H27NS. The fourth-order valence-corrected chi connectivity index (χ4v) is 10.2. The second kappa shape index (κ2) is 9.69. The van der Waals surface area contributed by atoms with E-state index in [9.17, 15) is 0 Å². The Balaban J connectivity index is 1.24. The highest BCUT2D eigenvalue weighted by molar-refractivity contribution is 7.26. The lowest BCUT2D eigenvalue weighted by molar-refractivity contribution is 1.36. The molecule has 0 aliphatic carbocycles. The smallest absolute Gasteiger partial charge is 0.0619 e. The van der Waals surface area contributed by atoms with Crippen LogP contribution < -0.4 is 0 Å². The van der Waals surface area contributed by atoms with Gasteiger partial charge in [0.1, 0.15) is 0 Å². The van der Waals surface area contributed by atoms with Crippen LogP contribution in [0.1, 0.15) is 0 Å². The molecule has 3 heterocycles. The van der Waals surface area contributed by atoms with E-state index in [2.05, 4.69) is 168 Å². The molecule has 9 aromatic carbocycles. The van der Waals surface area contributed by atoms with Crippen LogP contribution in [0.25, 0.3) is 112 Å². The van der Waals surface area contributed by atoms with Crippen LogP contribution in [0.4, 0.5) is 0 Å². The summed E-state index contributed by atoms with van der Waals surface area (Å²) < 4.78 is 5.21. The van der Waals surface area contributed by atoms with Crippen molar-refractivity contribution in [1.29, 1.82) is 0 Å². The summed E-state index contributed by atoms with van der Waals surface area (Å²) in [5, 5.41) is 18.2. The van der Waals surface area contributed by atoms with E-state index in [1.807, 2.05) is 11.3 Å². The highest BCUT2D eigenvalue weighted by Gasteiger charge is 2.19. The van der Waals surface area contributed by atoms with Gasteiger partial charge in [-0.2, -0.15) is 0 Å². The molecular weight excluding hydrogens is 623 g/mol. The van der Waals surface area contributed by atoms with Gasteiger partial charge in [0.15, 0.2) is 0 Å². The van der Waals surface area contributed by atoms with Crippen LogP contribution in [0.2, 0.25) is 0 Å². The Morgan fingerprint density at radius 2 is 0.760 bits per heavy atom. The second-order valence-electron chi connectivity index (χ2n) is 13.6. The quantitative estimate of drug-likeness (QED) is 0.156. The highest BCUT2D eigenvalue weighted by atomic mass is 32.1. The normalized spacial score (nSPS) is 12.4. The van der Waals surface area contributed by atoms with Crippen molar-refractivity contribution in [2.75, 3.05) is 0 Å². The van der Waals surface area contributed by atoms with E-state index >= 15 is 0 Å². The molecule has 50 heavy (non-hydrogen) atoms. The van der Waals surface area contributed by atoms with Crippen LogP contribution in [-0.4, -0.2) is 4.40 Å². The first-order valence-corrected chi connectivity index (χ1v) is 18.1. The molecule has 0 radical (unpaired) electrons. The minimum Gasteiger partial charge on any atom is -0.308 e. The number of aromatic nitrogens is 1. The number of benzene rings is 9. The Morgan fingerprint density at radius 1 is 0.300 bits per heavy atom. The zero-order chi connectivity index (χ0) is 32.5. The molecule has 0 amide bonds. The third-order valence-corrected chi connectivity index (χ3v) is 12.2. The number of hydrogen-bond acceptors (Lipinski definition) is 1. The molecule has 0 atom stereocenters. The maximum Gasteiger partial charge on any atom is 0.0619 e. The van der Waals surface area contributed by atoms with Gasteiger partial charge in [0.2, 0.25) is 0 Å². The predicted octanol–water partition coefficient (Wildman–Crippen LogP) is 14.0. The van der Waals surface area contributed by atoms with E-state index in [-0.39, 0.29) is 0 Å². The number of para-hydroxylation sites is 1. The number of thiophene rings is 1. The molecule has 0 N–H and O–H groups in total. The van der Waals surface area contributed by atoms with E-state index in [1.54, 1.807) is 0 Å². The first kappa shape index (κ1) is 26.7. The number of fused-ring (bicyclic) bond motifs is 13. The van der Waals surface area contributed by atoms with Gasteiger partial charge in [0.25, 0.3) is 0 Å². The summed E-state index contributed by atoms with van der Waals surface area (Å²) in [4.78, 5) is 0. The fraction of sp³-hybridized carbons (Fsp3) is 0. The van der Waals surface area contributed by atoms with Gasteiger partial charge in [0.05, 0.1) is 16.6 Å². The molecule has 2 heteroatoms. The molecule has 3 aromatic heterocycles. The van der Waals surface area contributed by atoms with Gasteiger partial charge in [-0.05, 0) is 96.0 Å². The van der Waals surface area contributed by atoms with Crippen molar-refractivity contribution < 1.29 is 0 Å². The molecule has 0 unspecified atom stereocenters. The molecule has 1 nitrogen and oxygen atoms in total. The average Bonchev–Trinajstić information content (AvgIpc) is 3.74. The lowest BCUT2D eigenvalue weighted by atomic mass is 9.92. The Hall–Kier alpha value is -6.22. The number of nitrogens with zero attached hydrogens (tertiary/aromatic N) is 1. The van der Waals surface area contributed by atoms with Crippen LogP contribution >= 0.6 is 11.3 Å². The molecule has 0 saturated carbocycles. The largest absolute Gasteiger partial charge is 0.308 e. The van der Waals surface area contributed by atoms with Gasteiger partial charge in [-0.1, -0.05) is 127 Å². The Bertz CT molecular complexity index is 3400. The molecule has 230 valence electrons. The standard InChI is InChI=1S/C48H27NS/c1-2-12-32-30(10-1)31-11-3-6-15-35(31)40-26-28(22-24-36(32)40)29-23-25-42-41(27-29)39-18-7-17-38-34-14-5-4-13-33(34)37-16-8-20-44-46(37)47-43(49(42)48(38)39)19-9-21-45(47)50-44/h1-27H. The van der Waals surface area contributed by atoms with Crippen LogP contribution in [0, 0.1) is 0 Å². The summed E-state index contributed by atoms with van der Waals surface area (Å²) in [6.07, 6.45) is 0. The van der Waals surface area contributed by atoms with Gasteiger partial charge in [-0.25, -0.2) is 0 Å². The van der Waals surface area contributed by atoms with E-state index in [0.717, 1.165) is 0 Å². The Morgan fingerprint density at radius 3 is 1.46 bits per heavy atom. The molecule has 0 aliphatic heterocycles. The number of hydrogen-bond donors (Lipinski definition) is 0. The van der Waals surface area contributed by atoms with Gasteiger partial charge >= 0.3 is 0 Å². The third kappa shape index (κ3) is 3.41. The molecule has 0 fully saturated rings. The second-order valence-corrected chi connectivity index (χ2v) is 14.7. The Kier molecular flexibility index (Phi) is 5.18. The zero-order valence-corrected chi connectivity index (χ0v) is 27.8. The highest BCUT2D eigenvalue weighted by Crippen LogP contribution is 2.45. The van der Waals surface area contributed by atoms with Crippen molar-refractivity contribution in [1.82, 2.24) is 4.40 Å². The molecule has 0 aliphatic rings. The van der Waals surface area contributed by atoms with Crippen molar-refractivity contribution in [3.8, 4) is 11.1 Å². The number of rotatable bonds is 1. The minimum atomic E-state index is 1.23. The summed E-state index contributed by atoms with van der Waals surface area (Å²) in [7, 11) is 0. The summed E-state index contributed by atoms with van der Waals surface area (Å²) in [6.45, 7) is 0. The Labute approximate surface area is 290 Å². The third-order valence-electron chi connectivity index (χ3n) is 11.1. The van der Waals surface area contributed by atoms with Gasteiger partial charge in [-0.3, -0.25) is 0 Å². The van der Waals surface area contributed by atoms with Gasteiger partial charge in [0, 0.05) is 36.3 Å². The van der Waals surface area contributed by atoms with Crippen molar-refractivity contribution in [3.05, 3.63) is 164 Å². The first-order chi connectivity index (χ1) is 24.8. The fourth-order valence-electron chi connectivity index (χ4n) is 9.02. The maximum atomic E-state index is 2.55. The van der Waals surface area contributed by atoms with Crippen LogP contribution in [0.5, 0.6) is 0 Å². The molecule has 0 bridgehead atoms. The molecule has 0 saturated heterocycles. The molecule has 12 rings (SSSR count). The average molecular weight is 650 g/mol. The van der Waals surface area contributed by atoms with E-state index in [0.29, 0.717) is 0 Å². The van der Waals surface area contributed by atoms with Crippen LogP contribution in [0.15, 0.2) is 164 Å². The van der Waals surface area contributed by atoms with Gasteiger partial charge < -0.3 is 4.40 Å². The first-order valence-electron chi connectivity index (χ1n) is 17.3.